The largest absolute Gasteiger partial charge is 0.444 e. The van der Waals surface area contributed by atoms with Gasteiger partial charge in [0.15, 0.2) is 5.89 Å². The van der Waals surface area contributed by atoms with Gasteiger partial charge in [0, 0.05) is 12.6 Å². The molecule has 0 spiro atoms. The second-order valence-corrected chi connectivity index (χ2v) is 3.92. The maximum atomic E-state index is 11.6. The first-order chi connectivity index (χ1) is 8.65. The van der Waals surface area contributed by atoms with Gasteiger partial charge in [-0.15, -0.1) is 0 Å². The van der Waals surface area contributed by atoms with E-state index in [4.69, 9.17) is 4.42 Å². The van der Waals surface area contributed by atoms with E-state index in [-0.39, 0.29) is 6.03 Å². The van der Waals surface area contributed by atoms with Crippen LogP contribution in [0.25, 0.3) is 0 Å². The number of urea groups is 1. The number of anilines is 1. The first kappa shape index (κ1) is 12.2. The van der Waals surface area contributed by atoms with Gasteiger partial charge in [-0.2, -0.15) is 0 Å². The van der Waals surface area contributed by atoms with Crippen LogP contribution in [0, 0.1) is 13.8 Å². The molecule has 2 rings (SSSR count). The van der Waals surface area contributed by atoms with Crippen LogP contribution in [-0.2, 0) is 6.54 Å². The number of rotatable bonds is 3. The lowest BCUT2D eigenvalue weighted by atomic mass is 10.3. The number of hydrogen-bond donors (Lipinski definition) is 2. The Balaban J connectivity index is 1.87. The van der Waals surface area contributed by atoms with Gasteiger partial charge in [-0.3, -0.25) is 0 Å². The Morgan fingerprint density at radius 2 is 2.00 bits per heavy atom. The molecular formula is C13H15N3O2. The maximum absolute atomic E-state index is 11.6. The fourth-order valence-corrected chi connectivity index (χ4v) is 1.59. The summed E-state index contributed by atoms with van der Waals surface area (Å²) in [5, 5.41) is 5.44. The van der Waals surface area contributed by atoms with Crippen molar-refractivity contribution in [3.8, 4) is 0 Å². The molecule has 0 atom stereocenters. The van der Waals surface area contributed by atoms with Gasteiger partial charge in [0.1, 0.15) is 5.76 Å². The summed E-state index contributed by atoms with van der Waals surface area (Å²) in [4.78, 5) is 15.8. The topological polar surface area (TPSA) is 67.2 Å². The molecule has 0 saturated carbocycles. The number of aromatic nitrogens is 1. The average molecular weight is 245 g/mol. The van der Waals surface area contributed by atoms with Crippen LogP contribution in [0.1, 0.15) is 17.3 Å². The third kappa shape index (κ3) is 3.10. The first-order valence-corrected chi connectivity index (χ1v) is 5.68. The van der Waals surface area contributed by atoms with Gasteiger partial charge in [-0.25, -0.2) is 9.78 Å². The van der Waals surface area contributed by atoms with E-state index < -0.39 is 0 Å². The summed E-state index contributed by atoms with van der Waals surface area (Å²) in [6.07, 6.45) is 0. The molecule has 18 heavy (non-hydrogen) atoms. The summed E-state index contributed by atoms with van der Waals surface area (Å²) in [7, 11) is 0. The molecule has 2 amide bonds. The van der Waals surface area contributed by atoms with E-state index in [1.807, 2.05) is 37.3 Å². The summed E-state index contributed by atoms with van der Waals surface area (Å²) >= 11 is 0. The zero-order chi connectivity index (χ0) is 13.0. The summed E-state index contributed by atoms with van der Waals surface area (Å²) in [5.41, 5.74) is 1.55. The number of aryl methyl sites for hydroxylation is 2. The summed E-state index contributed by atoms with van der Waals surface area (Å²) in [6, 6.07) is 8.99. The quantitative estimate of drug-likeness (QED) is 0.873. The van der Waals surface area contributed by atoms with Crippen molar-refractivity contribution in [2.24, 2.45) is 0 Å². The van der Waals surface area contributed by atoms with E-state index in [0.717, 1.165) is 11.4 Å². The molecule has 1 aromatic heterocycles. The van der Waals surface area contributed by atoms with Crippen LogP contribution >= 0.6 is 0 Å². The highest BCUT2D eigenvalue weighted by Gasteiger charge is 2.08. The monoisotopic (exact) mass is 245 g/mol. The van der Waals surface area contributed by atoms with Crippen molar-refractivity contribution in [3.05, 3.63) is 47.7 Å². The summed E-state index contributed by atoms with van der Waals surface area (Å²) in [6.45, 7) is 3.95. The predicted octanol–water partition coefficient (Wildman–Crippen LogP) is 2.61. The van der Waals surface area contributed by atoms with Crippen LogP contribution in [0.3, 0.4) is 0 Å². The van der Waals surface area contributed by atoms with E-state index in [1.54, 1.807) is 6.92 Å². The highest BCUT2D eigenvalue weighted by molar-refractivity contribution is 5.89. The summed E-state index contributed by atoms with van der Waals surface area (Å²) < 4.78 is 5.36. The molecule has 0 unspecified atom stereocenters. The lowest BCUT2D eigenvalue weighted by molar-refractivity contribution is 0.250. The van der Waals surface area contributed by atoms with Gasteiger partial charge in [0.05, 0.1) is 12.2 Å². The lowest BCUT2D eigenvalue weighted by Gasteiger charge is -2.06. The van der Waals surface area contributed by atoms with Crippen LogP contribution in [0.4, 0.5) is 10.5 Å². The molecular weight excluding hydrogens is 230 g/mol. The van der Waals surface area contributed by atoms with Gasteiger partial charge < -0.3 is 15.1 Å². The number of carbonyl (C=O) groups excluding carboxylic acids is 1. The second-order valence-electron chi connectivity index (χ2n) is 3.92. The van der Waals surface area contributed by atoms with Crippen molar-refractivity contribution in [3.63, 3.8) is 0 Å². The SMILES string of the molecule is Cc1nc(C)c(CNC(=O)Nc2ccccc2)o1. The van der Waals surface area contributed by atoms with Gasteiger partial charge in [-0.1, -0.05) is 18.2 Å². The number of hydrogen-bond acceptors (Lipinski definition) is 3. The average Bonchev–Trinajstić information content (AvgIpc) is 2.66. The van der Waals surface area contributed by atoms with Gasteiger partial charge in [-0.05, 0) is 19.1 Å². The predicted molar refractivity (Wildman–Crippen MR) is 68.3 cm³/mol. The Morgan fingerprint density at radius 1 is 1.28 bits per heavy atom. The van der Waals surface area contributed by atoms with Crippen LogP contribution in [0.2, 0.25) is 0 Å². The molecule has 94 valence electrons. The fourth-order valence-electron chi connectivity index (χ4n) is 1.59. The number of nitrogens with one attached hydrogen (secondary N) is 2. The Morgan fingerprint density at radius 3 is 2.61 bits per heavy atom. The highest BCUT2D eigenvalue weighted by atomic mass is 16.4. The molecule has 1 heterocycles. The van der Waals surface area contributed by atoms with Crippen LogP contribution in [0.5, 0.6) is 0 Å². The van der Waals surface area contributed by atoms with Crippen LogP contribution in [0.15, 0.2) is 34.7 Å². The van der Waals surface area contributed by atoms with E-state index in [2.05, 4.69) is 15.6 Å². The van der Waals surface area contributed by atoms with Crippen molar-refractivity contribution in [2.45, 2.75) is 20.4 Å². The van der Waals surface area contributed by atoms with E-state index in [9.17, 15) is 4.79 Å². The molecule has 0 aliphatic heterocycles. The Kier molecular flexibility index (Phi) is 3.62. The molecule has 0 aliphatic carbocycles. The van der Waals surface area contributed by atoms with E-state index in [1.165, 1.54) is 0 Å². The fraction of sp³-hybridized carbons (Fsp3) is 0.231. The number of para-hydroxylation sites is 1. The Labute approximate surface area is 105 Å². The molecule has 2 aromatic rings. The van der Waals surface area contributed by atoms with Gasteiger partial charge in [0.2, 0.25) is 0 Å². The number of benzene rings is 1. The molecule has 1 aromatic carbocycles. The van der Waals surface area contributed by atoms with Crippen LogP contribution in [-0.4, -0.2) is 11.0 Å². The first-order valence-electron chi connectivity index (χ1n) is 5.68. The minimum Gasteiger partial charge on any atom is -0.444 e. The zero-order valence-corrected chi connectivity index (χ0v) is 10.4. The van der Waals surface area contributed by atoms with Crippen molar-refractivity contribution >= 4 is 11.7 Å². The molecule has 0 saturated heterocycles. The molecule has 0 aliphatic rings. The number of oxazole rings is 1. The van der Waals surface area contributed by atoms with Crippen LogP contribution < -0.4 is 10.6 Å². The third-order valence-corrected chi connectivity index (χ3v) is 2.44. The van der Waals surface area contributed by atoms with Crippen molar-refractivity contribution in [1.29, 1.82) is 0 Å². The number of nitrogens with zero attached hydrogens (tertiary/aromatic N) is 1. The molecule has 0 fully saturated rings. The number of amides is 2. The minimum atomic E-state index is -0.269. The molecule has 2 N–H and O–H groups in total. The minimum absolute atomic E-state index is 0.269. The van der Waals surface area contributed by atoms with E-state index in [0.29, 0.717) is 18.2 Å². The normalized spacial score (nSPS) is 10.1. The summed E-state index contributed by atoms with van der Waals surface area (Å²) in [5.74, 6) is 1.28. The van der Waals surface area contributed by atoms with Crippen molar-refractivity contribution in [1.82, 2.24) is 10.3 Å². The highest BCUT2D eigenvalue weighted by Crippen LogP contribution is 2.09. The molecule has 5 nitrogen and oxygen atoms in total. The van der Waals surface area contributed by atoms with Crippen molar-refractivity contribution < 1.29 is 9.21 Å². The van der Waals surface area contributed by atoms with Gasteiger partial charge >= 0.3 is 6.03 Å². The lowest BCUT2D eigenvalue weighted by Crippen LogP contribution is -2.28. The van der Waals surface area contributed by atoms with Gasteiger partial charge in [0.25, 0.3) is 0 Å². The molecule has 0 radical (unpaired) electrons. The standard InChI is InChI=1S/C13H15N3O2/c1-9-12(18-10(2)15-9)8-14-13(17)16-11-6-4-3-5-7-11/h3-7H,8H2,1-2H3,(H2,14,16,17). The molecule has 5 heteroatoms. The third-order valence-electron chi connectivity index (χ3n) is 2.44. The number of carbonyl (C=O) groups is 1. The second kappa shape index (κ2) is 5.35. The molecule has 0 bridgehead atoms. The Hall–Kier alpha value is -2.30. The zero-order valence-electron chi connectivity index (χ0n) is 10.4. The Bertz CT molecular complexity index is 534. The smallest absolute Gasteiger partial charge is 0.319 e. The maximum Gasteiger partial charge on any atom is 0.319 e. The van der Waals surface area contributed by atoms with Crippen molar-refractivity contribution in [2.75, 3.05) is 5.32 Å². The van der Waals surface area contributed by atoms with E-state index >= 15 is 0 Å².